The maximum absolute atomic E-state index is 2.44. The highest BCUT2D eigenvalue weighted by molar-refractivity contribution is 4.67. The van der Waals surface area contributed by atoms with Gasteiger partial charge in [-0.25, -0.2) is 0 Å². The first-order chi connectivity index (χ1) is 11.4. The first-order valence-electron chi connectivity index (χ1n) is 11.4. The summed E-state index contributed by atoms with van der Waals surface area (Å²) in [5, 5.41) is 0. The fraction of sp³-hybridized carbons (Fsp3) is 1.00. The summed E-state index contributed by atoms with van der Waals surface area (Å²) in [6, 6.07) is 0. The molecular weight excluding hydrogens is 288 g/mol. The van der Waals surface area contributed by atoms with E-state index in [1.54, 1.807) is 0 Å². The van der Waals surface area contributed by atoms with Crippen molar-refractivity contribution in [1.82, 2.24) is 0 Å². The highest BCUT2D eigenvalue weighted by Crippen LogP contribution is 2.29. The highest BCUT2D eigenvalue weighted by atomic mass is 14.2. The zero-order valence-electron chi connectivity index (χ0n) is 18.3. The molecule has 0 fully saturated rings. The van der Waals surface area contributed by atoms with E-state index in [0.29, 0.717) is 5.41 Å². The van der Waals surface area contributed by atoms with Crippen molar-refractivity contribution in [2.75, 3.05) is 0 Å². The predicted molar refractivity (Wildman–Crippen MR) is 113 cm³/mol. The molecule has 1 atom stereocenters. The van der Waals surface area contributed by atoms with Gasteiger partial charge in [-0.15, -0.1) is 0 Å². The van der Waals surface area contributed by atoms with Crippen LogP contribution < -0.4 is 0 Å². The van der Waals surface area contributed by atoms with Crippen LogP contribution in [0, 0.1) is 17.3 Å². The molecule has 0 aliphatic rings. The van der Waals surface area contributed by atoms with Crippen LogP contribution in [0.25, 0.3) is 0 Å². The molecule has 0 aliphatic heterocycles. The topological polar surface area (TPSA) is 0 Å². The molecule has 0 saturated carbocycles. The van der Waals surface area contributed by atoms with Crippen LogP contribution in [0.5, 0.6) is 0 Å². The van der Waals surface area contributed by atoms with Gasteiger partial charge in [0.1, 0.15) is 0 Å². The van der Waals surface area contributed by atoms with E-state index >= 15 is 0 Å². The van der Waals surface area contributed by atoms with Crippen LogP contribution in [-0.4, -0.2) is 0 Å². The van der Waals surface area contributed by atoms with Crippen LogP contribution in [0.15, 0.2) is 0 Å². The molecule has 0 radical (unpaired) electrons. The van der Waals surface area contributed by atoms with Crippen LogP contribution in [0.1, 0.15) is 138 Å². The van der Waals surface area contributed by atoms with Gasteiger partial charge in [-0.05, 0) is 30.1 Å². The maximum atomic E-state index is 2.44. The van der Waals surface area contributed by atoms with Crippen molar-refractivity contribution in [2.24, 2.45) is 17.3 Å². The maximum Gasteiger partial charge on any atom is -0.0354 e. The first kappa shape index (κ1) is 24.0. The number of unbranched alkanes of at least 4 members (excludes halogenated alkanes) is 10. The summed E-state index contributed by atoms with van der Waals surface area (Å²) in [4.78, 5) is 0. The Balaban J connectivity index is 3.21. The molecule has 0 rings (SSSR count). The number of hydrogen-bond acceptors (Lipinski definition) is 0. The first-order valence-corrected chi connectivity index (χ1v) is 11.4. The van der Waals surface area contributed by atoms with E-state index in [1.165, 1.54) is 96.3 Å². The van der Waals surface area contributed by atoms with Crippen molar-refractivity contribution < 1.29 is 0 Å². The fourth-order valence-electron chi connectivity index (χ4n) is 3.80. The molecule has 0 amide bonds. The summed E-state index contributed by atoms with van der Waals surface area (Å²) < 4.78 is 0. The minimum Gasteiger partial charge on any atom is -0.0654 e. The molecule has 1 unspecified atom stereocenters. The Morgan fingerprint density at radius 1 is 0.583 bits per heavy atom. The SMILES string of the molecule is CCCC(C)(C)CCCCCCCCCCCCCC(C)C(C)C. The van der Waals surface area contributed by atoms with Crippen LogP contribution in [-0.2, 0) is 0 Å². The molecule has 0 heterocycles. The van der Waals surface area contributed by atoms with E-state index in [-0.39, 0.29) is 0 Å². The van der Waals surface area contributed by atoms with Crippen molar-refractivity contribution in [3.63, 3.8) is 0 Å². The lowest BCUT2D eigenvalue weighted by Gasteiger charge is -2.23. The molecule has 24 heavy (non-hydrogen) atoms. The van der Waals surface area contributed by atoms with Gasteiger partial charge >= 0.3 is 0 Å². The summed E-state index contributed by atoms with van der Waals surface area (Å²) in [6.07, 6.45) is 21.7. The van der Waals surface area contributed by atoms with Crippen molar-refractivity contribution in [3.05, 3.63) is 0 Å². The smallest absolute Gasteiger partial charge is 0.0354 e. The Labute approximate surface area is 155 Å². The average molecular weight is 339 g/mol. The molecule has 0 heteroatoms. The standard InChI is InChI=1S/C24H50/c1-7-20-24(5,6)21-18-16-14-12-10-8-9-11-13-15-17-19-23(4)22(2)3/h22-23H,7-21H2,1-6H3. The van der Waals surface area contributed by atoms with Crippen molar-refractivity contribution >= 4 is 0 Å². The van der Waals surface area contributed by atoms with Gasteiger partial charge in [-0.2, -0.15) is 0 Å². The molecule has 0 aromatic rings. The summed E-state index contributed by atoms with van der Waals surface area (Å²) in [6.45, 7) is 14.3. The van der Waals surface area contributed by atoms with E-state index < -0.39 is 0 Å². The molecule has 0 bridgehead atoms. The predicted octanol–water partition coefficient (Wildman–Crippen LogP) is 9.18. The Kier molecular flexibility index (Phi) is 15.3. The number of hydrogen-bond donors (Lipinski definition) is 0. The summed E-state index contributed by atoms with van der Waals surface area (Å²) in [5.74, 6) is 1.78. The molecule has 0 aliphatic carbocycles. The molecule has 0 spiro atoms. The highest BCUT2D eigenvalue weighted by Gasteiger charge is 2.15. The number of rotatable bonds is 17. The normalized spacial score (nSPS) is 13.6. The van der Waals surface area contributed by atoms with Crippen LogP contribution >= 0.6 is 0 Å². The van der Waals surface area contributed by atoms with E-state index in [1.807, 2.05) is 0 Å². The quantitative estimate of drug-likeness (QED) is 0.232. The van der Waals surface area contributed by atoms with Gasteiger partial charge in [0.05, 0.1) is 0 Å². The summed E-state index contributed by atoms with van der Waals surface area (Å²) >= 11 is 0. The van der Waals surface area contributed by atoms with Gasteiger partial charge in [-0.3, -0.25) is 0 Å². The van der Waals surface area contributed by atoms with E-state index in [9.17, 15) is 0 Å². The molecule has 0 saturated heterocycles. The third-order valence-corrected chi connectivity index (χ3v) is 6.08. The minimum absolute atomic E-state index is 0.585. The van der Waals surface area contributed by atoms with E-state index in [0.717, 1.165) is 11.8 Å². The lowest BCUT2D eigenvalue weighted by atomic mass is 9.83. The zero-order valence-corrected chi connectivity index (χ0v) is 18.3. The third-order valence-electron chi connectivity index (χ3n) is 6.08. The van der Waals surface area contributed by atoms with Gasteiger partial charge in [-0.1, -0.05) is 125 Å². The monoisotopic (exact) mass is 338 g/mol. The van der Waals surface area contributed by atoms with Gasteiger partial charge in [0.2, 0.25) is 0 Å². The second-order valence-corrected chi connectivity index (χ2v) is 9.56. The Hall–Kier alpha value is 0. The second-order valence-electron chi connectivity index (χ2n) is 9.56. The van der Waals surface area contributed by atoms with Gasteiger partial charge < -0.3 is 0 Å². The van der Waals surface area contributed by atoms with Gasteiger partial charge in [0, 0.05) is 0 Å². The second kappa shape index (κ2) is 15.3. The Bertz CT molecular complexity index is 251. The zero-order chi connectivity index (χ0) is 18.3. The van der Waals surface area contributed by atoms with Crippen molar-refractivity contribution in [1.29, 1.82) is 0 Å². The van der Waals surface area contributed by atoms with Gasteiger partial charge in [0.15, 0.2) is 0 Å². The third kappa shape index (κ3) is 15.5. The lowest BCUT2D eigenvalue weighted by Crippen LogP contribution is -2.10. The van der Waals surface area contributed by atoms with Crippen LogP contribution in [0.4, 0.5) is 0 Å². The van der Waals surface area contributed by atoms with Crippen LogP contribution in [0.2, 0.25) is 0 Å². The molecule has 0 N–H and O–H groups in total. The van der Waals surface area contributed by atoms with E-state index in [4.69, 9.17) is 0 Å². The molecular formula is C24H50. The van der Waals surface area contributed by atoms with Crippen molar-refractivity contribution in [2.45, 2.75) is 138 Å². The van der Waals surface area contributed by atoms with Crippen LogP contribution in [0.3, 0.4) is 0 Å². The molecule has 0 aromatic heterocycles. The largest absolute Gasteiger partial charge is 0.0654 e. The lowest BCUT2D eigenvalue weighted by molar-refractivity contribution is 0.291. The summed E-state index contributed by atoms with van der Waals surface area (Å²) in [7, 11) is 0. The molecule has 146 valence electrons. The molecule has 0 nitrogen and oxygen atoms in total. The molecule has 0 aromatic carbocycles. The Morgan fingerprint density at radius 2 is 1.00 bits per heavy atom. The average Bonchev–Trinajstić information content (AvgIpc) is 2.51. The van der Waals surface area contributed by atoms with E-state index in [2.05, 4.69) is 41.5 Å². The minimum atomic E-state index is 0.585. The Morgan fingerprint density at radius 3 is 1.42 bits per heavy atom. The van der Waals surface area contributed by atoms with Crippen molar-refractivity contribution in [3.8, 4) is 0 Å². The fourth-order valence-corrected chi connectivity index (χ4v) is 3.80. The summed E-state index contributed by atoms with van der Waals surface area (Å²) in [5.41, 5.74) is 0.585. The van der Waals surface area contributed by atoms with Gasteiger partial charge in [0.25, 0.3) is 0 Å².